The van der Waals surface area contributed by atoms with Crippen molar-refractivity contribution in [3.05, 3.63) is 52.0 Å². The molecule has 2 aromatic heterocycles. The van der Waals surface area contributed by atoms with Crippen LogP contribution in [0.5, 0.6) is 0 Å². The Kier molecular flexibility index (Phi) is 3.40. The molecule has 2 heterocycles. The van der Waals surface area contributed by atoms with E-state index in [1.807, 2.05) is 0 Å². The van der Waals surface area contributed by atoms with Crippen molar-refractivity contribution in [1.82, 2.24) is 14.1 Å². The third-order valence-electron chi connectivity index (χ3n) is 3.67. The molecule has 2 aromatic rings. The molecule has 0 saturated carbocycles. The lowest BCUT2D eigenvalue weighted by Crippen LogP contribution is -2.29. The zero-order valence-corrected chi connectivity index (χ0v) is 11.1. The highest BCUT2D eigenvalue weighted by Crippen LogP contribution is 2.21. The minimum Gasteiger partial charge on any atom is -0.304 e. The second kappa shape index (κ2) is 5.23. The number of pyridine rings is 1. The number of aromatic nitrogens is 3. The van der Waals surface area contributed by atoms with Crippen molar-refractivity contribution < 1.29 is 13.6 Å². The lowest BCUT2D eigenvalue weighted by atomic mass is 9.94. The van der Waals surface area contributed by atoms with Crippen LogP contribution in [0.15, 0.2) is 29.3 Å². The Labute approximate surface area is 118 Å². The van der Waals surface area contributed by atoms with Crippen molar-refractivity contribution in [3.8, 4) is 0 Å². The van der Waals surface area contributed by atoms with Crippen LogP contribution in [0.2, 0.25) is 0 Å². The zero-order valence-electron chi connectivity index (χ0n) is 11.1. The first-order valence-electron chi connectivity index (χ1n) is 6.63. The molecule has 0 atom stereocenters. The van der Waals surface area contributed by atoms with Crippen molar-refractivity contribution in [1.29, 1.82) is 0 Å². The maximum Gasteiger partial charge on any atom is 0.319 e. The molecule has 1 aliphatic carbocycles. The van der Waals surface area contributed by atoms with E-state index in [0.29, 0.717) is 30.5 Å². The van der Waals surface area contributed by atoms with E-state index in [-0.39, 0.29) is 23.7 Å². The lowest BCUT2D eigenvalue weighted by molar-refractivity contribution is 0.0665. The van der Waals surface area contributed by atoms with Gasteiger partial charge in [-0.3, -0.25) is 14.2 Å². The molecular formula is C14H13F2N3O2. The number of carbonyl (C=O) groups excluding carboxylic acids is 1. The predicted molar refractivity (Wildman–Crippen MR) is 70.6 cm³/mol. The fourth-order valence-electron chi connectivity index (χ4n) is 2.65. The van der Waals surface area contributed by atoms with Crippen LogP contribution in [0.4, 0.5) is 8.78 Å². The number of alkyl halides is 2. The van der Waals surface area contributed by atoms with Crippen molar-refractivity contribution in [3.63, 3.8) is 0 Å². The van der Waals surface area contributed by atoms with Crippen LogP contribution in [0.25, 0.3) is 0 Å². The molecule has 0 aliphatic heterocycles. The van der Waals surface area contributed by atoms with Gasteiger partial charge in [0.05, 0.1) is 6.54 Å². The number of imidazole rings is 1. The standard InChI is InChI=1S/C14H13F2N3O2/c15-14(16)18-7-6-17-12(18)8-19-10-2-1-3-11(20)9(10)4-5-13(19)21/h4-7,14H,1-3,8H2. The number of hydrogen-bond donors (Lipinski definition) is 0. The molecule has 0 N–H and O–H groups in total. The van der Waals surface area contributed by atoms with Crippen LogP contribution in [-0.2, 0) is 13.0 Å². The summed E-state index contributed by atoms with van der Waals surface area (Å²) in [7, 11) is 0. The monoisotopic (exact) mass is 293 g/mol. The number of carbonyl (C=O) groups is 1. The summed E-state index contributed by atoms with van der Waals surface area (Å²) in [4.78, 5) is 27.8. The minimum absolute atomic E-state index is 0.0119. The van der Waals surface area contributed by atoms with E-state index >= 15 is 0 Å². The van der Waals surface area contributed by atoms with Gasteiger partial charge in [0.1, 0.15) is 5.82 Å². The zero-order chi connectivity index (χ0) is 15.0. The molecule has 21 heavy (non-hydrogen) atoms. The number of halogens is 2. The summed E-state index contributed by atoms with van der Waals surface area (Å²) in [6.07, 6.45) is 4.15. The SMILES string of the molecule is O=C1CCCc2c1ccc(=O)n2Cc1nccn1C(F)F. The van der Waals surface area contributed by atoms with Crippen LogP contribution in [-0.4, -0.2) is 19.9 Å². The Morgan fingerprint density at radius 3 is 2.81 bits per heavy atom. The summed E-state index contributed by atoms with van der Waals surface area (Å²) in [5.74, 6) is 0.0840. The third-order valence-corrected chi connectivity index (χ3v) is 3.67. The van der Waals surface area contributed by atoms with Crippen molar-refractivity contribution in [2.75, 3.05) is 0 Å². The first-order chi connectivity index (χ1) is 10.1. The lowest BCUT2D eigenvalue weighted by Gasteiger charge is -2.20. The molecule has 3 rings (SSSR count). The van der Waals surface area contributed by atoms with Crippen LogP contribution in [0.1, 0.15) is 41.3 Å². The van der Waals surface area contributed by atoms with Gasteiger partial charge in [-0.15, -0.1) is 0 Å². The van der Waals surface area contributed by atoms with E-state index in [4.69, 9.17) is 0 Å². The highest BCUT2D eigenvalue weighted by Gasteiger charge is 2.22. The molecule has 0 unspecified atom stereocenters. The fraction of sp³-hybridized carbons (Fsp3) is 0.357. The Bertz CT molecular complexity index is 749. The van der Waals surface area contributed by atoms with Gasteiger partial charge in [-0.05, 0) is 18.9 Å². The maximum absolute atomic E-state index is 12.8. The second-order valence-electron chi connectivity index (χ2n) is 4.92. The minimum atomic E-state index is -2.71. The maximum atomic E-state index is 12.8. The van der Waals surface area contributed by atoms with Gasteiger partial charge in [0.15, 0.2) is 5.78 Å². The number of Topliss-reactive ketones (excluding diaryl/α,β-unsaturated/α-hetero) is 1. The molecule has 0 aromatic carbocycles. The molecule has 0 amide bonds. The van der Waals surface area contributed by atoms with Gasteiger partial charge in [0.2, 0.25) is 0 Å². The smallest absolute Gasteiger partial charge is 0.304 e. The van der Waals surface area contributed by atoms with Gasteiger partial charge in [0, 0.05) is 36.1 Å². The summed E-state index contributed by atoms with van der Waals surface area (Å²) in [6.45, 7) is -2.77. The van der Waals surface area contributed by atoms with E-state index in [2.05, 4.69) is 4.98 Å². The molecule has 110 valence electrons. The van der Waals surface area contributed by atoms with Gasteiger partial charge in [-0.25, -0.2) is 4.98 Å². The van der Waals surface area contributed by atoms with E-state index in [9.17, 15) is 18.4 Å². The molecular weight excluding hydrogens is 280 g/mol. The van der Waals surface area contributed by atoms with Crippen molar-refractivity contribution >= 4 is 5.78 Å². The molecule has 0 bridgehead atoms. The molecule has 0 radical (unpaired) electrons. The van der Waals surface area contributed by atoms with Crippen molar-refractivity contribution in [2.45, 2.75) is 32.4 Å². The highest BCUT2D eigenvalue weighted by atomic mass is 19.3. The number of ketones is 1. The van der Waals surface area contributed by atoms with E-state index in [0.717, 1.165) is 4.57 Å². The predicted octanol–water partition coefficient (Wildman–Crippen LogP) is 2.01. The summed E-state index contributed by atoms with van der Waals surface area (Å²) >= 11 is 0. The van der Waals surface area contributed by atoms with E-state index in [1.54, 1.807) is 0 Å². The summed E-state index contributed by atoms with van der Waals surface area (Å²) in [5, 5.41) is 0. The summed E-state index contributed by atoms with van der Waals surface area (Å²) in [6, 6.07) is 2.83. The Morgan fingerprint density at radius 1 is 1.24 bits per heavy atom. The van der Waals surface area contributed by atoms with Crippen LogP contribution >= 0.6 is 0 Å². The summed E-state index contributed by atoms with van der Waals surface area (Å²) in [5.41, 5.74) is 0.811. The number of hydrogen-bond acceptors (Lipinski definition) is 3. The topological polar surface area (TPSA) is 56.9 Å². The van der Waals surface area contributed by atoms with Crippen molar-refractivity contribution in [2.24, 2.45) is 0 Å². The second-order valence-corrected chi connectivity index (χ2v) is 4.92. The Hall–Kier alpha value is -2.31. The molecule has 7 heteroatoms. The molecule has 0 saturated heterocycles. The van der Waals surface area contributed by atoms with Gasteiger partial charge in [-0.2, -0.15) is 8.78 Å². The third kappa shape index (κ3) is 2.39. The average molecular weight is 293 g/mol. The quantitative estimate of drug-likeness (QED) is 0.869. The molecule has 1 aliphatic rings. The Balaban J connectivity index is 2.07. The first-order valence-corrected chi connectivity index (χ1v) is 6.63. The van der Waals surface area contributed by atoms with Gasteiger partial charge in [-0.1, -0.05) is 0 Å². The van der Waals surface area contributed by atoms with Gasteiger partial charge < -0.3 is 4.57 Å². The number of nitrogens with zero attached hydrogens (tertiary/aromatic N) is 3. The molecule has 5 nitrogen and oxygen atoms in total. The van der Waals surface area contributed by atoms with E-state index in [1.165, 1.54) is 29.1 Å². The van der Waals surface area contributed by atoms with Crippen LogP contribution in [0.3, 0.4) is 0 Å². The van der Waals surface area contributed by atoms with Crippen LogP contribution in [0, 0.1) is 0 Å². The number of rotatable bonds is 3. The Morgan fingerprint density at radius 2 is 2.05 bits per heavy atom. The average Bonchev–Trinajstić information content (AvgIpc) is 2.91. The van der Waals surface area contributed by atoms with E-state index < -0.39 is 6.55 Å². The largest absolute Gasteiger partial charge is 0.319 e. The molecule has 0 fully saturated rings. The highest BCUT2D eigenvalue weighted by molar-refractivity contribution is 5.97. The summed E-state index contributed by atoms with van der Waals surface area (Å²) < 4.78 is 27.8. The normalized spacial score (nSPS) is 14.5. The first kappa shape index (κ1) is 13.7. The van der Waals surface area contributed by atoms with Gasteiger partial charge in [0.25, 0.3) is 5.56 Å². The number of fused-ring (bicyclic) bond motifs is 1. The van der Waals surface area contributed by atoms with Gasteiger partial charge >= 0.3 is 6.55 Å². The fourth-order valence-corrected chi connectivity index (χ4v) is 2.65. The molecule has 0 spiro atoms. The van der Waals surface area contributed by atoms with Crippen LogP contribution < -0.4 is 5.56 Å².